The molecule has 0 aliphatic carbocycles. The van der Waals surface area contributed by atoms with Gasteiger partial charge in [0.25, 0.3) is 5.91 Å². The van der Waals surface area contributed by atoms with Crippen LogP contribution in [0.5, 0.6) is 5.75 Å². The molecule has 10 heteroatoms. The van der Waals surface area contributed by atoms with Gasteiger partial charge in [-0.2, -0.15) is 0 Å². The average molecular weight is 502 g/mol. The average Bonchev–Trinajstić information content (AvgIpc) is 2.85. The van der Waals surface area contributed by atoms with E-state index in [0.29, 0.717) is 23.5 Å². The van der Waals surface area contributed by atoms with Crippen molar-refractivity contribution in [1.29, 1.82) is 5.41 Å². The molecule has 3 aromatic rings. The number of benzene rings is 2. The number of amides is 1. The van der Waals surface area contributed by atoms with Crippen LogP contribution in [0.4, 0.5) is 10.1 Å². The minimum atomic E-state index is -1.11. The molecular weight excluding hydrogens is 473 g/mol. The fraction of sp³-hybridized carbons (Fsp3) is 0.240. The van der Waals surface area contributed by atoms with Gasteiger partial charge in [-0.05, 0) is 42.8 Å². The second-order valence-corrected chi connectivity index (χ2v) is 7.40. The molecule has 186 valence electrons. The standard InChI is InChI=1S/C25H28FN5O3.ClH/c1-3-34-23(20-10-9-19(33-2)13-21(20)26)25(32)31-14-17-8-7-16(24(27)28)12-22(17)30-15-18-6-4-5-11-29-18;/h4-13,23,30H,3,14-15H2,1-2H3,(H3,27,28)(H,31,32);1H. The third-order valence-electron chi connectivity index (χ3n) is 5.12. The number of halogens is 2. The predicted molar refractivity (Wildman–Crippen MR) is 135 cm³/mol. The number of ether oxygens (including phenoxy) is 2. The van der Waals surface area contributed by atoms with E-state index in [4.69, 9.17) is 20.6 Å². The van der Waals surface area contributed by atoms with E-state index in [1.807, 2.05) is 18.2 Å². The first kappa shape index (κ1) is 27.6. The molecule has 8 nitrogen and oxygen atoms in total. The number of methoxy groups -OCH3 is 1. The predicted octanol–water partition coefficient (Wildman–Crippen LogP) is 3.94. The van der Waals surface area contributed by atoms with Crippen LogP contribution in [0.3, 0.4) is 0 Å². The van der Waals surface area contributed by atoms with Gasteiger partial charge in [-0.1, -0.05) is 18.2 Å². The lowest BCUT2D eigenvalue weighted by atomic mass is 10.1. The quantitative estimate of drug-likeness (QED) is 0.233. The van der Waals surface area contributed by atoms with Gasteiger partial charge in [0.05, 0.1) is 19.3 Å². The van der Waals surface area contributed by atoms with Crippen LogP contribution >= 0.6 is 12.4 Å². The van der Waals surface area contributed by atoms with Crippen LogP contribution in [0.15, 0.2) is 60.8 Å². The zero-order chi connectivity index (χ0) is 24.5. The van der Waals surface area contributed by atoms with Crippen LogP contribution < -0.4 is 21.1 Å². The third-order valence-corrected chi connectivity index (χ3v) is 5.12. The Bertz CT molecular complexity index is 1150. The van der Waals surface area contributed by atoms with Gasteiger partial charge in [0.2, 0.25) is 0 Å². The smallest absolute Gasteiger partial charge is 0.254 e. The Hall–Kier alpha value is -3.69. The minimum absolute atomic E-state index is 0. The lowest BCUT2D eigenvalue weighted by Crippen LogP contribution is -2.31. The van der Waals surface area contributed by atoms with Crippen molar-refractivity contribution in [3.8, 4) is 5.75 Å². The summed E-state index contributed by atoms with van der Waals surface area (Å²) in [4.78, 5) is 17.3. The number of amidine groups is 1. The molecule has 3 rings (SSSR count). The fourth-order valence-corrected chi connectivity index (χ4v) is 3.35. The maximum absolute atomic E-state index is 14.6. The first-order chi connectivity index (χ1) is 16.4. The molecule has 5 N–H and O–H groups in total. The van der Waals surface area contributed by atoms with E-state index in [0.717, 1.165) is 11.3 Å². The molecule has 0 fully saturated rings. The van der Waals surface area contributed by atoms with Gasteiger partial charge in [0, 0.05) is 42.2 Å². The van der Waals surface area contributed by atoms with Gasteiger partial charge in [0.1, 0.15) is 17.4 Å². The van der Waals surface area contributed by atoms with Gasteiger partial charge >= 0.3 is 0 Å². The van der Waals surface area contributed by atoms with E-state index in [-0.39, 0.29) is 37.0 Å². The van der Waals surface area contributed by atoms with Gasteiger partial charge in [0.15, 0.2) is 6.10 Å². The van der Waals surface area contributed by atoms with Crippen molar-refractivity contribution in [2.24, 2.45) is 5.73 Å². The number of nitrogens with one attached hydrogen (secondary N) is 3. The summed E-state index contributed by atoms with van der Waals surface area (Å²) in [6.07, 6.45) is 0.591. The SMILES string of the molecule is CCOC(C(=O)NCc1ccc(C(=N)N)cc1NCc1ccccn1)c1ccc(OC)cc1F.Cl. The maximum atomic E-state index is 14.6. The van der Waals surface area contributed by atoms with Crippen LogP contribution in [-0.2, 0) is 22.6 Å². The summed E-state index contributed by atoms with van der Waals surface area (Å²) in [5.74, 6) is -0.775. The van der Waals surface area contributed by atoms with Crippen molar-refractivity contribution in [2.75, 3.05) is 19.0 Å². The number of hydrogen-bond acceptors (Lipinski definition) is 6. The Morgan fingerprint density at radius 3 is 2.60 bits per heavy atom. The van der Waals surface area contributed by atoms with Crippen molar-refractivity contribution in [3.63, 3.8) is 0 Å². The molecule has 35 heavy (non-hydrogen) atoms. The molecule has 1 heterocycles. The Morgan fingerprint density at radius 1 is 1.17 bits per heavy atom. The topological polar surface area (TPSA) is 122 Å². The number of hydrogen-bond donors (Lipinski definition) is 4. The van der Waals surface area contributed by atoms with E-state index in [9.17, 15) is 9.18 Å². The van der Waals surface area contributed by atoms with Crippen LogP contribution in [0.25, 0.3) is 0 Å². The molecule has 1 aromatic heterocycles. The van der Waals surface area contributed by atoms with E-state index in [1.54, 1.807) is 37.4 Å². The molecule has 1 atom stereocenters. The van der Waals surface area contributed by atoms with Crippen molar-refractivity contribution in [1.82, 2.24) is 10.3 Å². The van der Waals surface area contributed by atoms with Gasteiger partial charge in [-0.25, -0.2) is 4.39 Å². The lowest BCUT2D eigenvalue weighted by molar-refractivity contribution is -0.133. The zero-order valence-electron chi connectivity index (χ0n) is 19.5. The van der Waals surface area contributed by atoms with Crippen molar-refractivity contribution in [2.45, 2.75) is 26.1 Å². The van der Waals surface area contributed by atoms with Crippen molar-refractivity contribution in [3.05, 3.63) is 89.0 Å². The molecule has 0 spiro atoms. The Morgan fingerprint density at radius 2 is 1.97 bits per heavy atom. The Kier molecular flexibility index (Phi) is 10.4. The largest absolute Gasteiger partial charge is 0.497 e. The van der Waals surface area contributed by atoms with Crippen LogP contribution in [0.2, 0.25) is 0 Å². The number of anilines is 1. The summed E-state index contributed by atoms with van der Waals surface area (Å²) in [5, 5.41) is 13.8. The van der Waals surface area contributed by atoms with E-state index < -0.39 is 17.8 Å². The fourth-order valence-electron chi connectivity index (χ4n) is 3.35. The lowest BCUT2D eigenvalue weighted by Gasteiger charge is -2.19. The molecule has 1 unspecified atom stereocenters. The number of nitrogen functional groups attached to an aromatic ring is 1. The highest BCUT2D eigenvalue weighted by Crippen LogP contribution is 2.25. The highest BCUT2D eigenvalue weighted by molar-refractivity contribution is 5.96. The number of rotatable bonds is 11. The Labute approximate surface area is 210 Å². The monoisotopic (exact) mass is 501 g/mol. The number of carbonyl (C=O) groups is 1. The summed E-state index contributed by atoms with van der Waals surface area (Å²) >= 11 is 0. The molecule has 2 aromatic carbocycles. The second kappa shape index (κ2) is 13.3. The van der Waals surface area contributed by atoms with E-state index >= 15 is 0 Å². The minimum Gasteiger partial charge on any atom is -0.497 e. The normalized spacial score (nSPS) is 11.2. The molecule has 0 saturated carbocycles. The molecule has 0 radical (unpaired) electrons. The van der Waals surface area contributed by atoms with E-state index in [1.165, 1.54) is 19.2 Å². The molecule has 0 bridgehead atoms. The summed E-state index contributed by atoms with van der Waals surface area (Å²) in [5.41, 5.74) is 8.61. The summed E-state index contributed by atoms with van der Waals surface area (Å²) < 4.78 is 25.2. The molecular formula is C25H29ClFN5O3. The van der Waals surface area contributed by atoms with Gasteiger partial charge < -0.3 is 25.8 Å². The van der Waals surface area contributed by atoms with Crippen molar-refractivity contribution < 1.29 is 18.7 Å². The van der Waals surface area contributed by atoms with Crippen LogP contribution in [0.1, 0.15) is 35.4 Å². The number of carbonyl (C=O) groups excluding carboxylic acids is 1. The zero-order valence-corrected chi connectivity index (χ0v) is 20.3. The summed E-state index contributed by atoms with van der Waals surface area (Å²) in [6.45, 7) is 2.57. The highest BCUT2D eigenvalue weighted by Gasteiger charge is 2.24. The summed E-state index contributed by atoms with van der Waals surface area (Å²) in [6, 6.07) is 15.1. The maximum Gasteiger partial charge on any atom is 0.254 e. The first-order valence-corrected chi connectivity index (χ1v) is 10.8. The van der Waals surface area contributed by atoms with Crippen LogP contribution in [0, 0.1) is 11.2 Å². The van der Waals surface area contributed by atoms with Gasteiger partial charge in [-0.3, -0.25) is 15.2 Å². The highest BCUT2D eigenvalue weighted by atomic mass is 35.5. The number of pyridine rings is 1. The molecule has 0 aliphatic rings. The van der Waals surface area contributed by atoms with E-state index in [2.05, 4.69) is 15.6 Å². The number of nitrogens with zero attached hydrogens (tertiary/aromatic N) is 1. The van der Waals surface area contributed by atoms with Crippen LogP contribution in [-0.4, -0.2) is 30.4 Å². The molecule has 0 saturated heterocycles. The second-order valence-electron chi connectivity index (χ2n) is 7.40. The molecule has 1 amide bonds. The number of nitrogens with two attached hydrogens (primary N) is 1. The first-order valence-electron chi connectivity index (χ1n) is 10.8. The van der Waals surface area contributed by atoms with Gasteiger partial charge in [-0.15, -0.1) is 12.4 Å². The van der Waals surface area contributed by atoms with Crippen molar-refractivity contribution >= 4 is 29.8 Å². The Balaban J connectivity index is 0.00000432. The number of aromatic nitrogens is 1. The molecule has 0 aliphatic heterocycles. The summed E-state index contributed by atoms with van der Waals surface area (Å²) in [7, 11) is 1.44. The third kappa shape index (κ3) is 7.40.